The molecule has 1 saturated heterocycles. The minimum absolute atomic E-state index is 0.00732. The van der Waals surface area contributed by atoms with Crippen LogP contribution in [0.5, 0.6) is 5.75 Å². The molecule has 0 unspecified atom stereocenters. The number of ether oxygens (including phenoxy) is 2. The number of piperidine rings is 1. The maximum absolute atomic E-state index is 13.9. The second-order valence-corrected chi connectivity index (χ2v) is 14.0. The van der Waals surface area contributed by atoms with E-state index in [1.165, 1.54) is 12.8 Å². The van der Waals surface area contributed by atoms with E-state index in [0.717, 1.165) is 72.4 Å². The van der Waals surface area contributed by atoms with E-state index in [0.29, 0.717) is 35.2 Å². The van der Waals surface area contributed by atoms with Crippen molar-refractivity contribution < 1.29 is 19.1 Å². The molecule has 0 spiro atoms. The molecule has 4 atom stereocenters. The van der Waals surface area contributed by atoms with Crippen LogP contribution < -0.4 is 15.8 Å². The van der Waals surface area contributed by atoms with Crippen molar-refractivity contribution in [3.8, 4) is 17.3 Å². The highest BCUT2D eigenvalue weighted by atomic mass is 16.5. The summed E-state index contributed by atoms with van der Waals surface area (Å²) in [4.78, 5) is 38.9. The summed E-state index contributed by atoms with van der Waals surface area (Å²) in [6.07, 6.45) is 6.96. The Morgan fingerprint density at radius 1 is 1.11 bits per heavy atom. The predicted octanol–water partition coefficient (Wildman–Crippen LogP) is 4.32. The van der Waals surface area contributed by atoms with E-state index in [4.69, 9.17) is 25.2 Å². The van der Waals surface area contributed by atoms with Gasteiger partial charge in [0.1, 0.15) is 22.5 Å². The van der Waals surface area contributed by atoms with Crippen LogP contribution in [0.15, 0.2) is 30.3 Å². The number of fused-ring (bicyclic) bond motifs is 4. The van der Waals surface area contributed by atoms with Gasteiger partial charge >= 0.3 is 0 Å². The van der Waals surface area contributed by atoms with Crippen molar-refractivity contribution in [1.29, 1.82) is 0 Å². The van der Waals surface area contributed by atoms with Gasteiger partial charge < -0.3 is 34.6 Å². The lowest BCUT2D eigenvalue weighted by Gasteiger charge is -2.37. The number of pyridine rings is 1. The largest absolute Gasteiger partial charge is 0.494 e. The van der Waals surface area contributed by atoms with Crippen molar-refractivity contribution >= 4 is 33.9 Å². The van der Waals surface area contributed by atoms with Gasteiger partial charge in [-0.05, 0) is 94.0 Å². The number of hydrogen-bond donors (Lipinski definition) is 2. The van der Waals surface area contributed by atoms with Gasteiger partial charge in [-0.2, -0.15) is 0 Å². The van der Waals surface area contributed by atoms with Crippen LogP contribution in [0.25, 0.3) is 33.6 Å². The zero-order chi connectivity index (χ0) is 31.9. The van der Waals surface area contributed by atoms with E-state index in [1.807, 2.05) is 37.1 Å². The van der Waals surface area contributed by atoms with Crippen LogP contribution in [0.4, 0.5) is 0 Å². The van der Waals surface area contributed by atoms with E-state index in [1.54, 1.807) is 14.2 Å². The van der Waals surface area contributed by atoms with Crippen molar-refractivity contribution in [2.75, 3.05) is 20.8 Å². The number of amides is 2. The highest BCUT2D eigenvalue weighted by molar-refractivity contribution is 6.00. The van der Waals surface area contributed by atoms with Crippen LogP contribution in [0, 0.1) is 11.8 Å². The summed E-state index contributed by atoms with van der Waals surface area (Å²) in [5.74, 6) is 2.42. The van der Waals surface area contributed by atoms with Crippen molar-refractivity contribution in [2.24, 2.45) is 24.6 Å². The molecule has 1 aromatic carbocycles. The normalized spacial score (nSPS) is 24.0. The van der Waals surface area contributed by atoms with Gasteiger partial charge in [-0.15, -0.1) is 0 Å². The van der Waals surface area contributed by atoms with Crippen LogP contribution in [0.3, 0.4) is 0 Å². The molecule has 0 radical (unpaired) electrons. The molecule has 8 rings (SSSR count). The second-order valence-electron chi connectivity index (χ2n) is 14.0. The molecule has 4 fully saturated rings. The lowest BCUT2D eigenvalue weighted by molar-refractivity contribution is -0.134. The number of nitrogens with one attached hydrogen (secondary N) is 1. The first-order valence-electron chi connectivity index (χ1n) is 16.7. The number of carbonyl (C=O) groups is 2. The summed E-state index contributed by atoms with van der Waals surface area (Å²) in [6.45, 7) is 3.39. The van der Waals surface area contributed by atoms with E-state index in [9.17, 15) is 9.59 Å². The van der Waals surface area contributed by atoms with Gasteiger partial charge in [-0.25, -0.2) is 9.97 Å². The zero-order valence-corrected chi connectivity index (χ0v) is 27.1. The average molecular weight is 626 g/mol. The van der Waals surface area contributed by atoms with Crippen molar-refractivity contribution in [3.63, 3.8) is 0 Å². The highest BCUT2D eigenvalue weighted by Crippen LogP contribution is 2.41. The number of likely N-dealkylation sites (tertiary alicyclic amines) is 1. The monoisotopic (exact) mass is 625 g/mol. The molecule has 46 heavy (non-hydrogen) atoms. The molecule has 4 aromatic rings. The smallest absolute Gasteiger partial charge is 0.254 e. The summed E-state index contributed by atoms with van der Waals surface area (Å²) in [5.41, 5.74) is 10.5. The van der Waals surface area contributed by atoms with Crippen molar-refractivity contribution in [2.45, 2.75) is 82.1 Å². The summed E-state index contributed by atoms with van der Waals surface area (Å²) in [5, 5.41) is 4.12. The summed E-state index contributed by atoms with van der Waals surface area (Å²) >= 11 is 0. The number of rotatable bonds is 9. The number of aromatic nitrogens is 4. The third-order valence-corrected chi connectivity index (χ3v) is 11.0. The highest BCUT2D eigenvalue weighted by Gasteiger charge is 2.51. The second kappa shape index (κ2) is 10.8. The fraction of sp³-hybridized carbons (Fsp3) is 0.543. The van der Waals surface area contributed by atoms with Crippen molar-refractivity contribution in [1.82, 2.24) is 29.3 Å². The lowest BCUT2D eigenvalue weighted by Crippen LogP contribution is -2.51. The Bertz CT molecular complexity index is 1870. The summed E-state index contributed by atoms with van der Waals surface area (Å²) in [7, 11) is 5.23. The topological polar surface area (TPSA) is 130 Å². The van der Waals surface area contributed by atoms with Crippen molar-refractivity contribution in [3.05, 3.63) is 41.6 Å². The molecule has 2 bridgehead atoms. The fourth-order valence-electron chi connectivity index (χ4n) is 7.77. The third-order valence-electron chi connectivity index (χ3n) is 11.0. The Morgan fingerprint density at radius 3 is 2.63 bits per heavy atom. The Labute approximate surface area is 268 Å². The number of hydrogen-bond acceptors (Lipinski definition) is 7. The Kier molecular flexibility index (Phi) is 6.91. The number of carbonyl (C=O) groups excluding carboxylic acids is 2. The minimum atomic E-state index is -0.691. The summed E-state index contributed by atoms with van der Waals surface area (Å²) < 4.78 is 15.7. The lowest BCUT2D eigenvalue weighted by atomic mass is 9.94. The molecule has 11 nitrogen and oxygen atoms in total. The Morgan fingerprint density at radius 2 is 1.91 bits per heavy atom. The SMILES string of the molecule is COc1cc(C(=O)N2C[C@H](N)[C@@H]3CC[C@H]2C3)cc2nc(-c3cc4ccc([C@@H](C)NC(=O)C5(OC)CC5)nc4n3CC3CC3)n(C)c12. The van der Waals surface area contributed by atoms with Crippen LogP contribution in [-0.4, -0.2) is 74.3 Å². The Hall–Kier alpha value is -3.96. The molecule has 3 aromatic heterocycles. The molecule has 3 saturated carbocycles. The van der Waals surface area contributed by atoms with Gasteiger partial charge in [0.05, 0.1) is 30.1 Å². The molecule has 242 valence electrons. The maximum Gasteiger partial charge on any atom is 0.254 e. The number of nitrogens with zero attached hydrogens (tertiary/aromatic N) is 5. The van der Waals surface area contributed by atoms with Gasteiger partial charge in [0, 0.05) is 50.3 Å². The van der Waals surface area contributed by atoms with Crippen LogP contribution in [-0.2, 0) is 23.1 Å². The Balaban J connectivity index is 1.17. The van der Waals surface area contributed by atoms with E-state index in [2.05, 4.69) is 26.6 Å². The van der Waals surface area contributed by atoms with Crippen LogP contribution in [0.1, 0.15) is 74.0 Å². The molecule has 4 heterocycles. The van der Waals surface area contributed by atoms with Gasteiger partial charge in [-0.3, -0.25) is 9.59 Å². The molecule has 11 heteroatoms. The maximum atomic E-state index is 13.9. The molecule has 2 amide bonds. The van der Waals surface area contributed by atoms with E-state index < -0.39 is 5.60 Å². The van der Waals surface area contributed by atoms with Gasteiger partial charge in [0.2, 0.25) is 0 Å². The van der Waals surface area contributed by atoms with E-state index >= 15 is 0 Å². The minimum Gasteiger partial charge on any atom is -0.494 e. The van der Waals surface area contributed by atoms with E-state index in [-0.39, 0.29) is 29.9 Å². The molecule has 1 aliphatic heterocycles. The molecule has 3 aliphatic carbocycles. The first-order valence-corrected chi connectivity index (χ1v) is 16.7. The number of imidazole rings is 1. The standard InChI is InChI=1S/C35H43N7O4/c1-19(37-34(44)35(46-4)11-12-35)26-10-8-22-15-28(42(31(22)38-26)17-20-5-6-20)32-39-27-14-23(16-29(45-3)30(27)40(32)2)33(43)41-18-25(36)21-7-9-24(41)13-21/h8,10,14-16,19-21,24-25H,5-7,9,11-13,17-18,36H2,1-4H3,(H,37,44)/t19-,21-,24+,25+/m1/s1. The van der Waals surface area contributed by atoms with Crippen LogP contribution in [0.2, 0.25) is 0 Å². The zero-order valence-electron chi connectivity index (χ0n) is 27.1. The van der Waals surface area contributed by atoms with Gasteiger partial charge in [-0.1, -0.05) is 0 Å². The fourth-order valence-corrected chi connectivity index (χ4v) is 7.77. The molecular formula is C35H43N7O4. The number of aryl methyl sites for hydroxylation is 1. The molecular weight excluding hydrogens is 582 g/mol. The molecule has 4 aliphatic rings. The predicted molar refractivity (Wildman–Crippen MR) is 174 cm³/mol. The average Bonchev–Trinajstić information content (AvgIpc) is 3.95. The third kappa shape index (κ3) is 4.78. The summed E-state index contributed by atoms with van der Waals surface area (Å²) in [6, 6.07) is 9.97. The molecule has 3 N–H and O–H groups in total. The van der Waals surface area contributed by atoms with Crippen LogP contribution >= 0.6 is 0 Å². The number of benzene rings is 1. The number of methoxy groups -OCH3 is 2. The first kappa shape index (κ1) is 29.4. The first-order chi connectivity index (χ1) is 22.2. The van der Waals surface area contributed by atoms with Gasteiger partial charge in [0.25, 0.3) is 11.8 Å². The quantitative estimate of drug-likeness (QED) is 0.284. The van der Waals surface area contributed by atoms with Gasteiger partial charge in [0.15, 0.2) is 5.82 Å². The number of nitrogens with two attached hydrogens (primary N) is 1.